The Hall–Kier alpha value is -0.930. The van der Waals surface area contributed by atoms with Crippen LogP contribution >= 0.6 is 0 Å². The van der Waals surface area contributed by atoms with Gasteiger partial charge < -0.3 is 4.74 Å². The van der Waals surface area contributed by atoms with E-state index in [1.54, 1.807) is 12.4 Å². The highest BCUT2D eigenvalue weighted by Crippen LogP contribution is 1.99. The SMILES string of the molecule is CN[C@H](C)OCc1ccncc1. The van der Waals surface area contributed by atoms with Crippen molar-refractivity contribution in [3.63, 3.8) is 0 Å². The first-order valence-corrected chi connectivity index (χ1v) is 4.00. The average Bonchev–Trinajstić information content (AvgIpc) is 2.16. The van der Waals surface area contributed by atoms with E-state index in [-0.39, 0.29) is 6.23 Å². The maximum atomic E-state index is 5.44. The molecule has 0 fully saturated rings. The predicted octanol–water partition coefficient (Wildman–Crippen LogP) is 1.16. The summed E-state index contributed by atoms with van der Waals surface area (Å²) in [6.07, 6.45) is 3.63. The topological polar surface area (TPSA) is 34.1 Å². The summed E-state index contributed by atoms with van der Waals surface area (Å²) in [5, 5.41) is 3.00. The van der Waals surface area contributed by atoms with E-state index in [4.69, 9.17) is 4.74 Å². The number of nitrogens with one attached hydrogen (secondary N) is 1. The largest absolute Gasteiger partial charge is 0.359 e. The van der Waals surface area contributed by atoms with Gasteiger partial charge in [0.15, 0.2) is 0 Å². The standard InChI is InChI=1S/C9H14N2O/c1-8(10-2)12-7-9-3-5-11-6-4-9/h3-6,8,10H,7H2,1-2H3/t8-/m0/s1. The maximum Gasteiger partial charge on any atom is 0.105 e. The molecular weight excluding hydrogens is 152 g/mol. The average molecular weight is 166 g/mol. The monoisotopic (exact) mass is 166 g/mol. The molecule has 0 unspecified atom stereocenters. The van der Waals surface area contributed by atoms with E-state index in [0.29, 0.717) is 6.61 Å². The molecule has 1 atom stereocenters. The number of hydrogen-bond donors (Lipinski definition) is 1. The predicted molar refractivity (Wildman–Crippen MR) is 47.5 cm³/mol. The molecule has 1 aromatic heterocycles. The molecule has 0 amide bonds. The Morgan fingerprint density at radius 3 is 2.75 bits per heavy atom. The van der Waals surface area contributed by atoms with Crippen LogP contribution in [0.5, 0.6) is 0 Å². The van der Waals surface area contributed by atoms with Gasteiger partial charge in [-0.2, -0.15) is 0 Å². The van der Waals surface area contributed by atoms with Gasteiger partial charge in [-0.15, -0.1) is 0 Å². The lowest BCUT2D eigenvalue weighted by atomic mass is 10.3. The Bertz CT molecular complexity index is 213. The highest BCUT2D eigenvalue weighted by molar-refractivity contribution is 5.07. The van der Waals surface area contributed by atoms with Crippen LogP contribution in [0.25, 0.3) is 0 Å². The molecule has 12 heavy (non-hydrogen) atoms. The van der Waals surface area contributed by atoms with Crippen LogP contribution in [-0.4, -0.2) is 18.3 Å². The van der Waals surface area contributed by atoms with E-state index >= 15 is 0 Å². The molecule has 0 spiro atoms. The zero-order chi connectivity index (χ0) is 8.81. The molecule has 3 heteroatoms. The number of hydrogen-bond acceptors (Lipinski definition) is 3. The molecule has 1 heterocycles. The summed E-state index contributed by atoms with van der Waals surface area (Å²) in [4.78, 5) is 3.92. The highest BCUT2D eigenvalue weighted by Gasteiger charge is 1.97. The van der Waals surface area contributed by atoms with E-state index in [9.17, 15) is 0 Å². The Balaban J connectivity index is 2.33. The van der Waals surface area contributed by atoms with Crippen LogP contribution in [0.2, 0.25) is 0 Å². The van der Waals surface area contributed by atoms with Gasteiger partial charge in [-0.25, -0.2) is 0 Å². The molecule has 0 saturated carbocycles. The van der Waals surface area contributed by atoms with Crippen molar-refractivity contribution in [3.05, 3.63) is 30.1 Å². The molecule has 0 saturated heterocycles. The molecule has 0 aliphatic heterocycles. The van der Waals surface area contributed by atoms with Gasteiger partial charge in [-0.05, 0) is 31.7 Å². The molecule has 0 bridgehead atoms. The smallest absolute Gasteiger partial charge is 0.105 e. The number of aromatic nitrogens is 1. The van der Waals surface area contributed by atoms with Crippen LogP contribution in [0.3, 0.4) is 0 Å². The van der Waals surface area contributed by atoms with Crippen molar-refractivity contribution >= 4 is 0 Å². The summed E-state index contributed by atoms with van der Waals surface area (Å²) in [5.74, 6) is 0. The van der Waals surface area contributed by atoms with Gasteiger partial charge in [-0.1, -0.05) is 0 Å². The van der Waals surface area contributed by atoms with Gasteiger partial charge in [-0.3, -0.25) is 10.3 Å². The Morgan fingerprint density at radius 1 is 1.50 bits per heavy atom. The van der Waals surface area contributed by atoms with Gasteiger partial charge in [0.2, 0.25) is 0 Å². The first kappa shape index (κ1) is 9.16. The summed E-state index contributed by atoms with van der Waals surface area (Å²) in [6, 6.07) is 3.89. The second-order valence-electron chi connectivity index (χ2n) is 2.60. The van der Waals surface area contributed by atoms with Crippen LogP contribution in [-0.2, 0) is 11.3 Å². The Labute approximate surface area is 72.8 Å². The normalized spacial score (nSPS) is 12.8. The van der Waals surface area contributed by atoms with Crippen LogP contribution in [0, 0.1) is 0 Å². The fourth-order valence-corrected chi connectivity index (χ4v) is 0.784. The zero-order valence-electron chi connectivity index (χ0n) is 7.45. The van der Waals surface area contributed by atoms with Crippen molar-refractivity contribution in [1.29, 1.82) is 0 Å². The zero-order valence-corrected chi connectivity index (χ0v) is 7.45. The van der Waals surface area contributed by atoms with Crippen LogP contribution < -0.4 is 5.32 Å². The fourth-order valence-electron chi connectivity index (χ4n) is 0.784. The second-order valence-corrected chi connectivity index (χ2v) is 2.60. The Kier molecular flexibility index (Phi) is 3.70. The van der Waals surface area contributed by atoms with Crippen molar-refractivity contribution in [2.75, 3.05) is 7.05 Å². The summed E-state index contributed by atoms with van der Waals surface area (Å²) < 4.78 is 5.44. The van der Waals surface area contributed by atoms with Gasteiger partial charge in [0.1, 0.15) is 6.23 Å². The summed E-state index contributed by atoms with van der Waals surface area (Å²) >= 11 is 0. The minimum absolute atomic E-state index is 0.0955. The Morgan fingerprint density at radius 2 is 2.17 bits per heavy atom. The van der Waals surface area contributed by atoms with E-state index in [1.807, 2.05) is 26.1 Å². The van der Waals surface area contributed by atoms with Gasteiger partial charge in [0.25, 0.3) is 0 Å². The summed E-state index contributed by atoms with van der Waals surface area (Å²) in [7, 11) is 1.87. The minimum atomic E-state index is 0.0955. The van der Waals surface area contributed by atoms with Gasteiger partial charge in [0.05, 0.1) is 6.61 Å². The van der Waals surface area contributed by atoms with E-state index in [0.717, 1.165) is 5.56 Å². The molecule has 0 aromatic carbocycles. The number of ether oxygens (including phenoxy) is 1. The third kappa shape index (κ3) is 2.98. The fraction of sp³-hybridized carbons (Fsp3) is 0.444. The molecule has 1 N–H and O–H groups in total. The lowest BCUT2D eigenvalue weighted by molar-refractivity contribution is 0.0357. The van der Waals surface area contributed by atoms with Crippen LogP contribution in [0.4, 0.5) is 0 Å². The third-order valence-corrected chi connectivity index (χ3v) is 1.66. The summed E-state index contributed by atoms with van der Waals surface area (Å²) in [5.41, 5.74) is 1.15. The van der Waals surface area contributed by atoms with Crippen molar-refractivity contribution in [3.8, 4) is 0 Å². The molecule has 3 nitrogen and oxygen atoms in total. The molecule has 0 radical (unpaired) electrons. The second kappa shape index (κ2) is 4.85. The van der Waals surface area contributed by atoms with Crippen LogP contribution in [0.15, 0.2) is 24.5 Å². The van der Waals surface area contributed by atoms with E-state index in [1.165, 1.54) is 0 Å². The molecule has 0 aliphatic rings. The number of rotatable bonds is 4. The minimum Gasteiger partial charge on any atom is -0.359 e. The van der Waals surface area contributed by atoms with E-state index in [2.05, 4.69) is 10.3 Å². The molecule has 1 aromatic rings. The van der Waals surface area contributed by atoms with Gasteiger partial charge >= 0.3 is 0 Å². The maximum absolute atomic E-state index is 5.44. The number of pyridine rings is 1. The first-order valence-electron chi connectivity index (χ1n) is 4.00. The molecule has 0 aliphatic carbocycles. The highest BCUT2D eigenvalue weighted by atomic mass is 16.5. The van der Waals surface area contributed by atoms with Crippen molar-refractivity contribution in [1.82, 2.24) is 10.3 Å². The van der Waals surface area contributed by atoms with Crippen LogP contribution in [0.1, 0.15) is 12.5 Å². The number of nitrogens with zero attached hydrogens (tertiary/aromatic N) is 1. The van der Waals surface area contributed by atoms with E-state index < -0.39 is 0 Å². The lowest BCUT2D eigenvalue weighted by Crippen LogP contribution is -2.24. The summed E-state index contributed by atoms with van der Waals surface area (Å²) in [6.45, 7) is 2.60. The molecule has 66 valence electrons. The third-order valence-electron chi connectivity index (χ3n) is 1.66. The first-order chi connectivity index (χ1) is 5.83. The van der Waals surface area contributed by atoms with Gasteiger partial charge in [0, 0.05) is 12.4 Å². The molecule has 1 rings (SSSR count). The van der Waals surface area contributed by atoms with Crippen molar-refractivity contribution in [2.45, 2.75) is 19.8 Å². The molecular formula is C9H14N2O. The quantitative estimate of drug-likeness (QED) is 0.682. The van der Waals surface area contributed by atoms with Crippen molar-refractivity contribution in [2.24, 2.45) is 0 Å². The van der Waals surface area contributed by atoms with Crippen molar-refractivity contribution < 1.29 is 4.74 Å². The lowest BCUT2D eigenvalue weighted by Gasteiger charge is -2.10.